The molecule has 2 aliphatic rings. The number of hydrogen-bond acceptors (Lipinski definition) is 7. The van der Waals surface area contributed by atoms with E-state index in [0.717, 1.165) is 35.6 Å². The molecule has 0 atom stereocenters. The summed E-state index contributed by atoms with van der Waals surface area (Å²) in [5, 5.41) is 13.0. The molecule has 3 aromatic rings. The van der Waals surface area contributed by atoms with Crippen LogP contribution in [0.15, 0.2) is 24.3 Å². The second kappa shape index (κ2) is 9.71. The zero-order valence-corrected chi connectivity index (χ0v) is 19.3. The molecule has 11 nitrogen and oxygen atoms in total. The fourth-order valence-corrected chi connectivity index (χ4v) is 4.28. The highest BCUT2D eigenvalue weighted by Crippen LogP contribution is 2.26. The van der Waals surface area contributed by atoms with Crippen molar-refractivity contribution in [2.45, 2.75) is 38.9 Å². The van der Waals surface area contributed by atoms with Gasteiger partial charge in [0.15, 0.2) is 17.4 Å². The summed E-state index contributed by atoms with van der Waals surface area (Å²) in [5.41, 5.74) is 2.71. The van der Waals surface area contributed by atoms with Crippen LogP contribution in [0.1, 0.15) is 22.6 Å². The van der Waals surface area contributed by atoms with Crippen LogP contribution >= 0.6 is 0 Å². The number of carbonyl (C=O) groups excluding carboxylic acids is 2. The number of aromatic nitrogens is 5. The lowest BCUT2D eigenvalue weighted by Gasteiger charge is -2.21. The molecular formula is C22H21F4N7O4. The second-order valence-electron chi connectivity index (χ2n) is 8.54. The van der Waals surface area contributed by atoms with E-state index in [1.807, 2.05) is 6.07 Å². The minimum absolute atomic E-state index is 0.181. The molecule has 0 N–H and O–H groups in total. The summed E-state index contributed by atoms with van der Waals surface area (Å²) < 4.78 is 63.0. The van der Waals surface area contributed by atoms with Gasteiger partial charge < -0.3 is 19.3 Å². The van der Waals surface area contributed by atoms with Crippen molar-refractivity contribution in [3.05, 3.63) is 52.7 Å². The van der Waals surface area contributed by atoms with Crippen molar-refractivity contribution in [2.75, 3.05) is 19.6 Å². The molecule has 196 valence electrons. The number of fused-ring (bicyclic) bond motifs is 2. The van der Waals surface area contributed by atoms with E-state index >= 15 is 0 Å². The Morgan fingerprint density at radius 3 is 2.70 bits per heavy atom. The number of nitrogens with zero attached hydrogens (tertiary/aromatic N) is 7. The fraction of sp³-hybridized carbons (Fsp3) is 0.409. The van der Waals surface area contributed by atoms with Crippen molar-refractivity contribution in [3.63, 3.8) is 0 Å². The predicted molar refractivity (Wildman–Crippen MR) is 116 cm³/mol. The van der Waals surface area contributed by atoms with Crippen LogP contribution in [0.2, 0.25) is 0 Å². The van der Waals surface area contributed by atoms with Gasteiger partial charge in [0.1, 0.15) is 12.3 Å². The molecule has 0 bridgehead atoms. The van der Waals surface area contributed by atoms with Crippen molar-refractivity contribution < 1.29 is 36.6 Å². The highest BCUT2D eigenvalue weighted by Gasteiger charge is 2.32. The van der Waals surface area contributed by atoms with Gasteiger partial charge in [-0.3, -0.25) is 9.48 Å². The summed E-state index contributed by atoms with van der Waals surface area (Å²) in [4.78, 5) is 26.7. The molecule has 2 amide bonds. The third-order valence-electron chi connectivity index (χ3n) is 6.11. The molecule has 1 aromatic carbocycles. The van der Waals surface area contributed by atoms with Crippen LogP contribution in [-0.2, 0) is 42.1 Å². The third kappa shape index (κ3) is 5.34. The van der Waals surface area contributed by atoms with E-state index in [1.54, 1.807) is 14.3 Å². The van der Waals surface area contributed by atoms with Gasteiger partial charge in [0.2, 0.25) is 6.41 Å². The highest BCUT2D eigenvalue weighted by molar-refractivity contribution is 5.67. The standard InChI is InChI=1S/C22H21F4N7O4/c23-16-9-14(1-2-19(16)37-22(24,25)26)12-36-21(35)31-6-3-15-10-20(28-32(15)8-7-31)33-18-4-5-30(13-34)11-17(18)27-29-33/h1-2,9-10,13H,3-8,11-12H2. The van der Waals surface area contributed by atoms with E-state index < -0.39 is 24.0 Å². The van der Waals surface area contributed by atoms with Crippen molar-refractivity contribution in [1.82, 2.24) is 34.6 Å². The molecule has 0 saturated heterocycles. The van der Waals surface area contributed by atoms with Gasteiger partial charge in [0.05, 0.1) is 18.8 Å². The molecule has 0 saturated carbocycles. The maximum Gasteiger partial charge on any atom is 0.573 e. The summed E-state index contributed by atoms with van der Waals surface area (Å²) in [5.74, 6) is -1.56. The van der Waals surface area contributed by atoms with Gasteiger partial charge in [-0.05, 0) is 17.7 Å². The summed E-state index contributed by atoms with van der Waals surface area (Å²) in [7, 11) is 0. The SMILES string of the molecule is O=CN1CCc2c(nnn2-c2cc3n(n2)CCN(C(=O)OCc2ccc(OC(F)(F)F)c(F)c2)CC3)C1. The first-order chi connectivity index (χ1) is 17.7. The predicted octanol–water partition coefficient (Wildman–Crippen LogP) is 2.21. The Balaban J connectivity index is 1.18. The number of halogens is 4. The molecule has 15 heteroatoms. The smallest absolute Gasteiger partial charge is 0.445 e. The normalized spacial score (nSPS) is 15.6. The molecule has 5 rings (SSSR count). The number of amides is 2. The van der Waals surface area contributed by atoms with Crippen LogP contribution < -0.4 is 4.74 Å². The Hall–Kier alpha value is -4.17. The Kier molecular flexibility index (Phi) is 6.43. The molecule has 37 heavy (non-hydrogen) atoms. The molecule has 0 unspecified atom stereocenters. The lowest BCUT2D eigenvalue weighted by Crippen LogP contribution is -2.34. The lowest BCUT2D eigenvalue weighted by molar-refractivity contribution is -0.275. The minimum atomic E-state index is -5.01. The van der Waals surface area contributed by atoms with Crippen LogP contribution in [0, 0.1) is 5.82 Å². The summed E-state index contributed by atoms with van der Waals surface area (Å²) in [6, 6.07) is 4.73. The van der Waals surface area contributed by atoms with Gasteiger partial charge in [0, 0.05) is 44.2 Å². The van der Waals surface area contributed by atoms with Gasteiger partial charge in [-0.15, -0.1) is 18.3 Å². The monoisotopic (exact) mass is 523 g/mol. The summed E-state index contributed by atoms with van der Waals surface area (Å²) in [6.07, 6.45) is -3.74. The van der Waals surface area contributed by atoms with Gasteiger partial charge in [-0.1, -0.05) is 11.3 Å². The molecule has 4 heterocycles. The fourth-order valence-electron chi connectivity index (χ4n) is 4.28. The van der Waals surface area contributed by atoms with Crippen LogP contribution in [0.3, 0.4) is 0 Å². The molecular weight excluding hydrogens is 502 g/mol. The first-order valence-electron chi connectivity index (χ1n) is 11.4. The number of hydrogen-bond donors (Lipinski definition) is 0. The molecule has 2 aliphatic heterocycles. The van der Waals surface area contributed by atoms with Gasteiger partial charge in [-0.25, -0.2) is 9.18 Å². The van der Waals surface area contributed by atoms with Crippen LogP contribution in [0.25, 0.3) is 5.82 Å². The lowest BCUT2D eigenvalue weighted by atomic mass is 10.1. The van der Waals surface area contributed by atoms with Crippen molar-refractivity contribution in [3.8, 4) is 11.6 Å². The van der Waals surface area contributed by atoms with Crippen LogP contribution in [0.4, 0.5) is 22.4 Å². The van der Waals surface area contributed by atoms with E-state index in [-0.39, 0.29) is 12.2 Å². The van der Waals surface area contributed by atoms with Crippen molar-refractivity contribution in [1.29, 1.82) is 0 Å². The van der Waals surface area contributed by atoms with Gasteiger partial charge in [0.25, 0.3) is 0 Å². The van der Waals surface area contributed by atoms with E-state index in [0.29, 0.717) is 51.4 Å². The number of alkyl halides is 3. The second-order valence-corrected chi connectivity index (χ2v) is 8.54. The molecule has 0 radical (unpaired) electrons. The Bertz CT molecular complexity index is 1300. The van der Waals surface area contributed by atoms with E-state index in [4.69, 9.17) is 4.74 Å². The topological polar surface area (TPSA) is 108 Å². The van der Waals surface area contributed by atoms with Gasteiger partial charge in [-0.2, -0.15) is 9.78 Å². The van der Waals surface area contributed by atoms with E-state index in [1.165, 1.54) is 11.0 Å². The molecule has 0 aliphatic carbocycles. The molecule has 0 spiro atoms. The maximum absolute atomic E-state index is 13.9. The number of ether oxygens (including phenoxy) is 2. The highest BCUT2D eigenvalue weighted by atomic mass is 19.4. The van der Waals surface area contributed by atoms with E-state index in [9.17, 15) is 27.2 Å². The Labute approximate surface area is 207 Å². The Morgan fingerprint density at radius 2 is 1.95 bits per heavy atom. The van der Waals surface area contributed by atoms with Crippen molar-refractivity contribution >= 4 is 12.5 Å². The zero-order valence-electron chi connectivity index (χ0n) is 19.3. The van der Waals surface area contributed by atoms with Gasteiger partial charge >= 0.3 is 12.5 Å². The maximum atomic E-state index is 13.9. The minimum Gasteiger partial charge on any atom is -0.445 e. The average Bonchev–Trinajstić information content (AvgIpc) is 3.41. The third-order valence-corrected chi connectivity index (χ3v) is 6.11. The first-order valence-corrected chi connectivity index (χ1v) is 11.4. The number of rotatable bonds is 5. The Morgan fingerprint density at radius 1 is 1.11 bits per heavy atom. The summed E-state index contributed by atoms with van der Waals surface area (Å²) >= 11 is 0. The van der Waals surface area contributed by atoms with Crippen molar-refractivity contribution in [2.24, 2.45) is 0 Å². The number of carbonyl (C=O) groups is 2. The quantitative estimate of drug-likeness (QED) is 0.373. The van der Waals surface area contributed by atoms with E-state index in [2.05, 4.69) is 20.1 Å². The average molecular weight is 523 g/mol. The van der Waals surface area contributed by atoms with Crippen LogP contribution in [0.5, 0.6) is 5.75 Å². The summed E-state index contributed by atoms with van der Waals surface area (Å²) in [6.45, 7) is 1.72. The van der Waals surface area contributed by atoms with Crippen LogP contribution in [-0.4, -0.2) is 73.1 Å². The largest absolute Gasteiger partial charge is 0.573 e. The number of benzene rings is 1. The zero-order chi connectivity index (χ0) is 26.2. The molecule has 2 aromatic heterocycles. The first kappa shape index (κ1) is 24.5. The molecule has 0 fully saturated rings.